The van der Waals surface area contributed by atoms with E-state index in [0.717, 1.165) is 11.8 Å². The molecule has 0 fully saturated rings. The Morgan fingerprint density at radius 2 is 1.71 bits per heavy atom. The summed E-state index contributed by atoms with van der Waals surface area (Å²) in [5.74, 6) is -2.31. The van der Waals surface area contributed by atoms with Crippen molar-refractivity contribution < 1.29 is 33.0 Å². The number of hydrogen-bond donors (Lipinski definition) is 1. The first-order chi connectivity index (χ1) is 16.2. The molecule has 1 aliphatic rings. The molecule has 1 aromatic carbocycles. The molecule has 0 aliphatic carbocycles. The molecule has 1 N–H and O–H groups in total. The summed E-state index contributed by atoms with van der Waals surface area (Å²) in [7, 11) is 0. The number of nitrogens with one attached hydrogen (secondary N) is 1. The number of thioether (sulfide) groups is 1. The Balaban J connectivity index is 2.65. The van der Waals surface area contributed by atoms with Gasteiger partial charge in [-0.15, -0.1) is 0 Å². The molecule has 1 atom stereocenters. The molecule has 0 saturated heterocycles. The van der Waals surface area contributed by atoms with Gasteiger partial charge in [-0.25, -0.2) is 9.59 Å². The molecule has 1 heterocycles. The van der Waals surface area contributed by atoms with Crippen molar-refractivity contribution >= 4 is 45.9 Å². The molecule has 0 radical (unpaired) electrons. The van der Waals surface area contributed by atoms with Gasteiger partial charge in [-0.1, -0.05) is 23.9 Å². The van der Waals surface area contributed by atoms with Crippen LogP contribution in [0.1, 0.15) is 39.2 Å². The number of carbonyl (C=O) groups excluding carboxylic acids is 3. The molecule has 1 unspecified atom stereocenters. The van der Waals surface area contributed by atoms with Crippen LogP contribution < -0.4 is 5.32 Å². The largest absolute Gasteiger partial charge is 0.463 e. The van der Waals surface area contributed by atoms with Gasteiger partial charge in [-0.05, 0) is 33.3 Å². The number of allylic oxidation sites excluding steroid dienone is 1. The summed E-state index contributed by atoms with van der Waals surface area (Å²) in [6.07, 6.45) is 0. The predicted molar refractivity (Wildman–Crippen MR) is 129 cm³/mol. The maximum atomic E-state index is 13.1. The van der Waals surface area contributed by atoms with Crippen LogP contribution in [-0.4, -0.2) is 46.9 Å². The van der Waals surface area contributed by atoms with Gasteiger partial charge in [-0.2, -0.15) is 0 Å². The van der Waals surface area contributed by atoms with Crippen molar-refractivity contribution in [3.8, 4) is 0 Å². The maximum absolute atomic E-state index is 13.1. The van der Waals surface area contributed by atoms with Crippen LogP contribution >= 0.6 is 23.8 Å². The molecule has 184 valence electrons. The first kappa shape index (κ1) is 27.4. The molecule has 0 bridgehead atoms. The van der Waals surface area contributed by atoms with Gasteiger partial charge in [0.2, 0.25) is 0 Å². The third-order valence-corrected chi connectivity index (χ3v) is 6.35. The van der Waals surface area contributed by atoms with Gasteiger partial charge in [0.25, 0.3) is 10.1 Å². The number of nitro benzene ring substituents is 1. The van der Waals surface area contributed by atoms with Crippen LogP contribution in [0.4, 0.5) is 10.5 Å². The van der Waals surface area contributed by atoms with Gasteiger partial charge in [0.05, 0.1) is 53.9 Å². The third kappa shape index (κ3) is 6.84. The third-order valence-electron chi connectivity index (χ3n) is 4.63. The Labute approximate surface area is 205 Å². The highest BCUT2D eigenvalue weighted by atomic mass is 32.2. The van der Waals surface area contributed by atoms with Crippen LogP contribution in [0.3, 0.4) is 0 Å². The van der Waals surface area contributed by atoms with Crippen molar-refractivity contribution in [2.24, 2.45) is 0 Å². The van der Waals surface area contributed by atoms with Crippen LogP contribution in [-0.2, 0) is 23.2 Å². The van der Waals surface area contributed by atoms with Crippen molar-refractivity contribution in [3.05, 3.63) is 62.5 Å². The molecule has 12 heteroatoms. The van der Waals surface area contributed by atoms with Gasteiger partial charge in [0.1, 0.15) is 0 Å². The van der Waals surface area contributed by atoms with Crippen LogP contribution in [0.25, 0.3) is 0 Å². The minimum Gasteiger partial charge on any atom is -0.463 e. The van der Waals surface area contributed by atoms with E-state index in [1.807, 2.05) is 0 Å². The average molecular weight is 511 g/mol. The highest BCUT2D eigenvalue weighted by Gasteiger charge is 2.39. The lowest BCUT2D eigenvalue weighted by Crippen LogP contribution is -2.34. The summed E-state index contributed by atoms with van der Waals surface area (Å²) in [5.41, 5.74) is 1.13. The number of nitrogens with zero attached hydrogens (tertiary/aromatic N) is 1. The molecular formula is C22H26N2O8S2. The van der Waals surface area contributed by atoms with Crippen LogP contribution in [0.5, 0.6) is 0 Å². The van der Waals surface area contributed by atoms with E-state index < -0.39 is 22.8 Å². The van der Waals surface area contributed by atoms with E-state index in [9.17, 15) is 24.5 Å². The fourth-order valence-corrected chi connectivity index (χ4v) is 4.57. The number of rotatable bonds is 10. The highest BCUT2D eigenvalue weighted by Crippen LogP contribution is 2.41. The van der Waals surface area contributed by atoms with Gasteiger partial charge in [0, 0.05) is 29.3 Å². The number of hydrogen-bond acceptors (Lipinski definition) is 11. The molecular weight excluding hydrogens is 484 g/mol. The van der Waals surface area contributed by atoms with Crippen LogP contribution in [0.2, 0.25) is 0 Å². The Kier molecular flexibility index (Phi) is 10.6. The maximum Gasteiger partial charge on any atom is 0.336 e. The molecule has 0 aromatic heterocycles. The molecule has 10 nitrogen and oxygen atoms in total. The fourth-order valence-electron chi connectivity index (χ4n) is 3.35. The smallest absolute Gasteiger partial charge is 0.336 e. The molecule has 1 aromatic rings. The SMILES string of the molecule is CCOSC(=O)SCC1=C(C(=O)OCC)C(c2cccc([N+](=O)[O-])c2)C(C(=O)OCC)=C(C)N1. The zero-order valence-electron chi connectivity index (χ0n) is 19.2. The summed E-state index contributed by atoms with van der Waals surface area (Å²) in [6.45, 7) is 7.21. The van der Waals surface area contributed by atoms with E-state index in [-0.39, 0.29) is 40.2 Å². The second-order valence-corrected chi connectivity index (χ2v) is 8.79. The molecule has 0 saturated carbocycles. The van der Waals surface area contributed by atoms with E-state index in [0.29, 0.717) is 35.6 Å². The second-order valence-electron chi connectivity index (χ2n) is 6.81. The molecule has 2 rings (SSSR count). The minimum absolute atomic E-state index is 0.0614. The molecule has 0 spiro atoms. The summed E-state index contributed by atoms with van der Waals surface area (Å²) in [4.78, 5) is 49.0. The van der Waals surface area contributed by atoms with Crippen LogP contribution in [0, 0.1) is 10.1 Å². The van der Waals surface area contributed by atoms with E-state index >= 15 is 0 Å². The first-order valence-corrected chi connectivity index (χ1v) is 12.2. The predicted octanol–water partition coefficient (Wildman–Crippen LogP) is 4.47. The van der Waals surface area contributed by atoms with Crippen molar-refractivity contribution in [1.82, 2.24) is 5.32 Å². The van der Waals surface area contributed by atoms with Gasteiger partial charge < -0.3 is 19.0 Å². The van der Waals surface area contributed by atoms with Crippen molar-refractivity contribution in [3.63, 3.8) is 0 Å². The molecule has 0 amide bonds. The van der Waals surface area contributed by atoms with E-state index in [1.165, 1.54) is 18.2 Å². The lowest BCUT2D eigenvalue weighted by atomic mass is 9.80. The number of esters is 2. The van der Waals surface area contributed by atoms with Crippen molar-refractivity contribution in [2.75, 3.05) is 25.6 Å². The zero-order chi connectivity index (χ0) is 25.3. The monoisotopic (exact) mass is 510 g/mol. The Morgan fingerprint density at radius 3 is 2.29 bits per heavy atom. The summed E-state index contributed by atoms with van der Waals surface area (Å²) < 4.78 is 15.2. The summed E-state index contributed by atoms with van der Waals surface area (Å²) >= 11 is 1.61. The number of nitro groups is 1. The number of ether oxygens (including phenoxy) is 2. The molecule has 1 aliphatic heterocycles. The van der Waals surface area contributed by atoms with E-state index in [4.69, 9.17) is 13.7 Å². The number of benzene rings is 1. The normalized spacial score (nSPS) is 15.6. The Bertz CT molecular complexity index is 1020. The lowest BCUT2D eigenvalue weighted by molar-refractivity contribution is -0.384. The number of dihydropyridines is 1. The lowest BCUT2D eigenvalue weighted by Gasteiger charge is -2.31. The number of carbonyl (C=O) groups is 3. The van der Waals surface area contributed by atoms with E-state index in [2.05, 4.69) is 5.32 Å². The second kappa shape index (κ2) is 13.2. The van der Waals surface area contributed by atoms with Gasteiger partial charge in [-0.3, -0.25) is 14.9 Å². The standard InChI is InChI=1S/C22H26N2O8S2/c1-5-30-20(25)17-13(4)23-16(12-33-22(27)34-32-7-3)19(21(26)31-6-2)18(17)14-9-8-10-15(11-14)24(28)29/h8-11,18,23H,5-7,12H2,1-4H3. The zero-order valence-corrected chi connectivity index (χ0v) is 20.9. The quantitative estimate of drug-likeness (QED) is 0.207. The van der Waals surface area contributed by atoms with Gasteiger partial charge in [0.15, 0.2) is 0 Å². The number of non-ortho nitro benzene ring substituents is 1. The Morgan fingerprint density at radius 1 is 1.06 bits per heavy atom. The first-order valence-electron chi connectivity index (χ1n) is 10.5. The average Bonchev–Trinajstić information content (AvgIpc) is 2.81. The van der Waals surface area contributed by atoms with E-state index in [1.54, 1.807) is 33.8 Å². The van der Waals surface area contributed by atoms with Crippen molar-refractivity contribution in [1.29, 1.82) is 0 Å². The van der Waals surface area contributed by atoms with Crippen molar-refractivity contribution in [2.45, 2.75) is 33.6 Å². The summed E-state index contributed by atoms with van der Waals surface area (Å²) in [5, 5.41) is 14.4. The Hall–Kier alpha value is -2.83. The minimum atomic E-state index is -0.996. The van der Waals surface area contributed by atoms with Gasteiger partial charge >= 0.3 is 11.9 Å². The highest BCUT2D eigenvalue weighted by molar-refractivity contribution is 8.36. The summed E-state index contributed by atoms with van der Waals surface area (Å²) in [6, 6.07) is 5.70. The topological polar surface area (TPSA) is 134 Å². The fraction of sp³-hybridized carbons (Fsp3) is 0.409. The molecule has 34 heavy (non-hydrogen) atoms. The van der Waals surface area contributed by atoms with Crippen LogP contribution in [0.15, 0.2) is 46.8 Å².